The van der Waals surface area contributed by atoms with Gasteiger partial charge >= 0.3 is 0 Å². The van der Waals surface area contributed by atoms with Gasteiger partial charge in [0.1, 0.15) is 12.7 Å². The number of fused-ring (bicyclic) bond motifs is 1. The van der Waals surface area contributed by atoms with Crippen LogP contribution in [0.15, 0.2) is 17.0 Å². The average molecular weight is 261 g/mol. The molecular formula is C10H12FNO4S. The van der Waals surface area contributed by atoms with Crippen LogP contribution in [0.1, 0.15) is 0 Å². The molecule has 0 fully saturated rings. The van der Waals surface area contributed by atoms with E-state index in [4.69, 9.17) is 15.2 Å². The van der Waals surface area contributed by atoms with Gasteiger partial charge in [0.05, 0.1) is 4.90 Å². The lowest BCUT2D eigenvalue weighted by Gasteiger charge is -2.26. The second-order valence-corrected chi connectivity index (χ2v) is 5.81. The molecule has 7 heteroatoms. The van der Waals surface area contributed by atoms with Crippen molar-refractivity contribution in [2.75, 3.05) is 19.4 Å². The average Bonchev–Trinajstić information content (AvgIpc) is 2.27. The summed E-state index contributed by atoms with van der Waals surface area (Å²) in [5.74, 6) is -0.743. The van der Waals surface area contributed by atoms with Crippen molar-refractivity contribution in [3.63, 3.8) is 0 Å². The molecule has 17 heavy (non-hydrogen) atoms. The van der Waals surface area contributed by atoms with Gasteiger partial charge in [-0.05, 0) is 6.07 Å². The molecular weight excluding hydrogens is 249 g/mol. The van der Waals surface area contributed by atoms with Crippen molar-refractivity contribution in [2.45, 2.75) is 11.0 Å². The predicted octanol–water partition coefficient (Wildman–Crippen LogP) is 0.328. The van der Waals surface area contributed by atoms with Gasteiger partial charge in [0.15, 0.2) is 27.2 Å². The van der Waals surface area contributed by atoms with Crippen LogP contribution in [0.3, 0.4) is 0 Å². The highest BCUT2D eigenvalue weighted by Gasteiger charge is 2.25. The molecule has 0 saturated heterocycles. The van der Waals surface area contributed by atoms with Gasteiger partial charge in [-0.25, -0.2) is 12.8 Å². The van der Waals surface area contributed by atoms with E-state index in [0.717, 1.165) is 12.3 Å². The Hall–Kier alpha value is -1.34. The first-order valence-corrected chi connectivity index (χ1v) is 6.84. The highest BCUT2D eigenvalue weighted by Crippen LogP contribution is 2.36. The highest BCUT2D eigenvalue weighted by molar-refractivity contribution is 7.90. The molecule has 2 N–H and O–H groups in total. The third kappa shape index (κ3) is 2.34. The summed E-state index contributed by atoms with van der Waals surface area (Å²) in [6.07, 6.45) is 0.606. The molecule has 0 aliphatic carbocycles. The van der Waals surface area contributed by atoms with Gasteiger partial charge in [-0.15, -0.1) is 0 Å². The minimum absolute atomic E-state index is 0.0675. The number of benzene rings is 1. The number of hydrogen-bond donors (Lipinski definition) is 1. The van der Waals surface area contributed by atoms with Crippen LogP contribution in [0.2, 0.25) is 0 Å². The summed E-state index contributed by atoms with van der Waals surface area (Å²) in [6, 6.07) is 2.16. The summed E-state index contributed by atoms with van der Waals surface area (Å²) in [7, 11) is -3.49. The Kier molecular flexibility index (Phi) is 2.96. The summed E-state index contributed by atoms with van der Waals surface area (Å²) >= 11 is 0. The first-order valence-electron chi connectivity index (χ1n) is 4.95. The molecule has 0 saturated carbocycles. The van der Waals surface area contributed by atoms with E-state index in [1.54, 1.807) is 0 Å². The molecule has 0 spiro atoms. The molecule has 0 radical (unpaired) electrons. The van der Waals surface area contributed by atoms with Crippen molar-refractivity contribution in [1.29, 1.82) is 0 Å². The van der Waals surface area contributed by atoms with Crippen LogP contribution in [0.5, 0.6) is 11.5 Å². The molecule has 1 aliphatic rings. The Morgan fingerprint density at radius 1 is 1.53 bits per heavy atom. The van der Waals surface area contributed by atoms with E-state index in [1.165, 1.54) is 6.07 Å². The lowest BCUT2D eigenvalue weighted by molar-refractivity contribution is 0.0919. The van der Waals surface area contributed by atoms with Crippen molar-refractivity contribution in [1.82, 2.24) is 0 Å². The van der Waals surface area contributed by atoms with E-state index in [9.17, 15) is 12.8 Å². The Bertz CT molecular complexity index is 543. The van der Waals surface area contributed by atoms with Crippen LogP contribution < -0.4 is 15.2 Å². The van der Waals surface area contributed by atoms with Crippen molar-refractivity contribution in [3.05, 3.63) is 17.9 Å². The lowest BCUT2D eigenvalue weighted by atomic mass is 10.2. The van der Waals surface area contributed by atoms with Gasteiger partial charge in [0.25, 0.3) is 0 Å². The molecule has 2 rings (SSSR count). The first-order chi connectivity index (χ1) is 7.91. The quantitative estimate of drug-likeness (QED) is 0.830. The SMILES string of the molecule is CS(=O)(=O)c1cc(F)c2c(c1)O[C@@H](CN)CO2. The molecule has 1 heterocycles. The van der Waals surface area contributed by atoms with E-state index in [1.807, 2.05) is 0 Å². The summed E-state index contributed by atoms with van der Waals surface area (Å²) in [4.78, 5) is -0.143. The zero-order chi connectivity index (χ0) is 12.6. The number of ether oxygens (including phenoxy) is 2. The third-order valence-corrected chi connectivity index (χ3v) is 3.47. The standard InChI is InChI=1S/C10H12FNO4S/c1-17(13,14)7-2-8(11)10-9(3-7)16-6(4-12)5-15-10/h2-3,6H,4-5,12H2,1H3/t6-/m0/s1. The summed E-state index contributed by atoms with van der Waals surface area (Å²) in [5, 5.41) is 0. The lowest BCUT2D eigenvalue weighted by Crippen LogP contribution is -2.36. The third-order valence-electron chi connectivity index (χ3n) is 2.38. The number of rotatable bonds is 2. The van der Waals surface area contributed by atoms with E-state index in [0.29, 0.717) is 0 Å². The maximum Gasteiger partial charge on any atom is 0.197 e. The monoisotopic (exact) mass is 261 g/mol. The number of nitrogens with two attached hydrogens (primary N) is 1. The van der Waals surface area contributed by atoms with Crippen LogP contribution in [-0.2, 0) is 9.84 Å². The Balaban J connectivity index is 2.49. The van der Waals surface area contributed by atoms with Gasteiger partial charge in [0, 0.05) is 18.9 Å². The molecule has 5 nitrogen and oxygen atoms in total. The molecule has 1 aromatic rings. The number of halogens is 1. The van der Waals surface area contributed by atoms with Crippen LogP contribution in [0.25, 0.3) is 0 Å². The maximum atomic E-state index is 13.6. The fourth-order valence-corrected chi connectivity index (χ4v) is 2.13. The second-order valence-electron chi connectivity index (χ2n) is 3.79. The summed E-state index contributed by atoms with van der Waals surface area (Å²) in [5.41, 5.74) is 5.41. The largest absolute Gasteiger partial charge is 0.483 e. The molecule has 0 bridgehead atoms. The van der Waals surface area contributed by atoms with E-state index < -0.39 is 21.8 Å². The van der Waals surface area contributed by atoms with Gasteiger partial charge in [-0.2, -0.15) is 0 Å². The van der Waals surface area contributed by atoms with Gasteiger partial charge in [-0.3, -0.25) is 0 Å². The van der Waals surface area contributed by atoms with Crippen LogP contribution in [0.4, 0.5) is 4.39 Å². The molecule has 94 valence electrons. The zero-order valence-electron chi connectivity index (χ0n) is 9.14. The molecule has 0 amide bonds. The smallest absolute Gasteiger partial charge is 0.197 e. The Morgan fingerprint density at radius 2 is 2.24 bits per heavy atom. The maximum absolute atomic E-state index is 13.6. The minimum atomic E-state index is -3.49. The fraction of sp³-hybridized carbons (Fsp3) is 0.400. The predicted molar refractivity (Wildman–Crippen MR) is 58.5 cm³/mol. The fourth-order valence-electron chi connectivity index (χ4n) is 1.49. The highest BCUT2D eigenvalue weighted by atomic mass is 32.2. The second kappa shape index (κ2) is 4.15. The molecule has 0 unspecified atom stereocenters. The first kappa shape index (κ1) is 12.1. The topological polar surface area (TPSA) is 78.6 Å². The summed E-state index contributed by atoms with van der Waals surface area (Å²) < 4.78 is 46.8. The van der Waals surface area contributed by atoms with Crippen LogP contribution in [0, 0.1) is 5.82 Å². The van der Waals surface area contributed by atoms with E-state index in [2.05, 4.69) is 0 Å². The van der Waals surface area contributed by atoms with Gasteiger partial charge in [0.2, 0.25) is 0 Å². The van der Waals surface area contributed by atoms with E-state index in [-0.39, 0.29) is 29.5 Å². The van der Waals surface area contributed by atoms with Gasteiger partial charge < -0.3 is 15.2 Å². The van der Waals surface area contributed by atoms with Crippen molar-refractivity contribution >= 4 is 9.84 Å². The van der Waals surface area contributed by atoms with Crippen molar-refractivity contribution in [2.24, 2.45) is 5.73 Å². The van der Waals surface area contributed by atoms with Gasteiger partial charge in [-0.1, -0.05) is 0 Å². The minimum Gasteiger partial charge on any atom is -0.483 e. The number of sulfone groups is 1. The Morgan fingerprint density at radius 3 is 2.82 bits per heavy atom. The molecule has 1 aliphatic heterocycles. The van der Waals surface area contributed by atoms with Crippen LogP contribution in [-0.4, -0.2) is 33.9 Å². The molecule has 1 atom stereocenters. The van der Waals surface area contributed by atoms with E-state index >= 15 is 0 Å². The summed E-state index contributed by atoms with van der Waals surface area (Å²) in [6.45, 7) is 0.364. The van der Waals surface area contributed by atoms with Crippen molar-refractivity contribution in [3.8, 4) is 11.5 Å². The molecule has 1 aromatic carbocycles. The molecule has 0 aromatic heterocycles. The van der Waals surface area contributed by atoms with Crippen molar-refractivity contribution < 1.29 is 22.3 Å². The van der Waals surface area contributed by atoms with Crippen LogP contribution >= 0.6 is 0 Å². The normalized spacial score (nSPS) is 19.1. The Labute approximate surface area is 98.2 Å². The number of hydrogen-bond acceptors (Lipinski definition) is 5. The zero-order valence-corrected chi connectivity index (χ0v) is 9.96.